The lowest BCUT2D eigenvalue weighted by atomic mass is 10.2. The standard InChI is InChI=1S/C20H18FN3O3S/c21-17-10-8-16(9-11-17)19-22-20(27-23-19)18-7-4-13-24(18)28(25,26)14-12-15-5-2-1-3-6-15/h1-3,5-6,8-12,14,18H,4,7,13H2/b14-12+. The molecule has 0 bridgehead atoms. The molecule has 1 aromatic heterocycles. The molecule has 144 valence electrons. The van der Waals surface area contributed by atoms with Crippen LogP contribution in [0.2, 0.25) is 0 Å². The lowest BCUT2D eigenvalue weighted by Crippen LogP contribution is -2.29. The SMILES string of the molecule is O=S(=O)(/C=C/c1ccccc1)N1CCCC1c1nc(-c2ccc(F)cc2)no1. The zero-order valence-electron chi connectivity index (χ0n) is 14.9. The number of aromatic nitrogens is 2. The minimum absolute atomic E-state index is 0.244. The average molecular weight is 399 g/mol. The van der Waals surface area contributed by atoms with Gasteiger partial charge in [-0.3, -0.25) is 0 Å². The van der Waals surface area contributed by atoms with Gasteiger partial charge in [0.05, 0.1) is 0 Å². The Kier molecular flexibility index (Phi) is 5.06. The van der Waals surface area contributed by atoms with Gasteiger partial charge in [-0.15, -0.1) is 0 Å². The molecule has 0 radical (unpaired) electrons. The van der Waals surface area contributed by atoms with Crippen LogP contribution >= 0.6 is 0 Å². The van der Waals surface area contributed by atoms with Crippen molar-refractivity contribution in [1.82, 2.24) is 14.4 Å². The van der Waals surface area contributed by atoms with Crippen LogP contribution in [0.4, 0.5) is 4.39 Å². The van der Waals surface area contributed by atoms with Gasteiger partial charge in [0, 0.05) is 17.5 Å². The molecule has 1 unspecified atom stereocenters. The van der Waals surface area contributed by atoms with Crippen LogP contribution in [0, 0.1) is 5.82 Å². The van der Waals surface area contributed by atoms with Gasteiger partial charge in [-0.05, 0) is 48.7 Å². The first-order valence-electron chi connectivity index (χ1n) is 8.87. The predicted molar refractivity (Wildman–Crippen MR) is 103 cm³/mol. The van der Waals surface area contributed by atoms with Crippen molar-refractivity contribution in [3.05, 3.63) is 77.3 Å². The van der Waals surface area contributed by atoms with Crippen LogP contribution in [0.25, 0.3) is 17.5 Å². The Morgan fingerprint density at radius 3 is 2.61 bits per heavy atom. The normalized spacial score (nSPS) is 18.1. The van der Waals surface area contributed by atoms with Crippen LogP contribution < -0.4 is 0 Å². The fourth-order valence-electron chi connectivity index (χ4n) is 3.19. The minimum atomic E-state index is -3.64. The highest BCUT2D eigenvalue weighted by atomic mass is 32.2. The molecular weight excluding hydrogens is 381 g/mol. The quantitative estimate of drug-likeness (QED) is 0.648. The molecule has 1 aliphatic rings. The molecule has 28 heavy (non-hydrogen) atoms. The van der Waals surface area contributed by atoms with Crippen molar-refractivity contribution in [3.8, 4) is 11.4 Å². The van der Waals surface area contributed by atoms with Gasteiger partial charge in [-0.2, -0.15) is 9.29 Å². The first-order chi connectivity index (χ1) is 13.5. The van der Waals surface area contributed by atoms with Crippen molar-refractivity contribution >= 4 is 16.1 Å². The summed E-state index contributed by atoms with van der Waals surface area (Å²) < 4.78 is 45.4. The first-order valence-corrected chi connectivity index (χ1v) is 10.4. The van der Waals surface area contributed by atoms with Gasteiger partial charge in [-0.1, -0.05) is 35.5 Å². The van der Waals surface area contributed by atoms with Crippen molar-refractivity contribution in [2.75, 3.05) is 6.54 Å². The summed E-state index contributed by atoms with van der Waals surface area (Å²) in [5, 5.41) is 5.13. The van der Waals surface area contributed by atoms with E-state index in [4.69, 9.17) is 4.52 Å². The monoisotopic (exact) mass is 399 g/mol. The number of hydrogen-bond donors (Lipinski definition) is 0. The zero-order valence-corrected chi connectivity index (χ0v) is 15.7. The molecule has 0 saturated carbocycles. The summed E-state index contributed by atoms with van der Waals surface area (Å²) >= 11 is 0. The van der Waals surface area contributed by atoms with Gasteiger partial charge < -0.3 is 4.52 Å². The second-order valence-corrected chi connectivity index (χ2v) is 8.26. The Morgan fingerprint density at radius 1 is 1.11 bits per heavy atom. The van der Waals surface area contributed by atoms with Gasteiger partial charge in [0.1, 0.15) is 11.9 Å². The summed E-state index contributed by atoms with van der Waals surface area (Å²) in [5.74, 6) is 0.193. The van der Waals surface area contributed by atoms with Crippen molar-refractivity contribution in [1.29, 1.82) is 0 Å². The van der Waals surface area contributed by atoms with Crippen LogP contribution in [0.3, 0.4) is 0 Å². The fourth-order valence-corrected chi connectivity index (χ4v) is 4.60. The third kappa shape index (κ3) is 3.88. The number of halogens is 1. The van der Waals surface area contributed by atoms with Gasteiger partial charge in [0.25, 0.3) is 0 Å². The second kappa shape index (κ2) is 7.65. The van der Waals surface area contributed by atoms with Crippen LogP contribution in [0.5, 0.6) is 0 Å². The maximum absolute atomic E-state index is 13.1. The summed E-state index contributed by atoms with van der Waals surface area (Å²) in [5.41, 5.74) is 1.41. The number of nitrogens with zero attached hydrogens (tertiary/aromatic N) is 3. The van der Waals surface area contributed by atoms with E-state index < -0.39 is 16.1 Å². The van der Waals surface area contributed by atoms with E-state index in [-0.39, 0.29) is 11.7 Å². The largest absolute Gasteiger partial charge is 0.337 e. The molecule has 1 saturated heterocycles. The van der Waals surface area contributed by atoms with Crippen molar-refractivity contribution in [3.63, 3.8) is 0 Å². The van der Waals surface area contributed by atoms with E-state index in [1.807, 2.05) is 30.3 Å². The molecule has 1 fully saturated rings. The Hall–Kier alpha value is -2.84. The lowest BCUT2D eigenvalue weighted by molar-refractivity contribution is 0.292. The maximum atomic E-state index is 13.1. The Bertz CT molecular complexity index is 1080. The minimum Gasteiger partial charge on any atom is -0.337 e. The van der Waals surface area contributed by atoms with Gasteiger partial charge in [0.15, 0.2) is 0 Å². The van der Waals surface area contributed by atoms with E-state index in [0.29, 0.717) is 30.8 Å². The van der Waals surface area contributed by atoms with E-state index >= 15 is 0 Å². The molecule has 0 spiro atoms. The molecule has 0 amide bonds. The molecule has 4 rings (SSSR count). The molecule has 8 heteroatoms. The van der Waals surface area contributed by atoms with Crippen LogP contribution in [0.15, 0.2) is 64.5 Å². The fraction of sp³-hybridized carbons (Fsp3) is 0.200. The van der Waals surface area contributed by atoms with Crippen LogP contribution in [-0.2, 0) is 10.0 Å². The van der Waals surface area contributed by atoms with Crippen LogP contribution in [-0.4, -0.2) is 29.4 Å². The highest BCUT2D eigenvalue weighted by Crippen LogP contribution is 2.34. The molecule has 3 aromatic rings. The Morgan fingerprint density at radius 2 is 1.86 bits per heavy atom. The average Bonchev–Trinajstić information content (AvgIpc) is 3.37. The smallest absolute Gasteiger partial charge is 0.245 e. The summed E-state index contributed by atoms with van der Waals surface area (Å²) in [4.78, 5) is 4.34. The molecule has 1 atom stereocenters. The van der Waals surface area contributed by atoms with E-state index in [1.165, 1.54) is 21.8 Å². The van der Waals surface area contributed by atoms with Gasteiger partial charge >= 0.3 is 0 Å². The third-order valence-electron chi connectivity index (χ3n) is 4.59. The molecule has 0 N–H and O–H groups in total. The molecule has 6 nitrogen and oxygen atoms in total. The maximum Gasteiger partial charge on any atom is 0.245 e. The van der Waals surface area contributed by atoms with E-state index in [1.54, 1.807) is 18.2 Å². The summed E-state index contributed by atoms with van der Waals surface area (Å²) in [6.07, 6.45) is 2.88. The zero-order chi connectivity index (χ0) is 19.6. The summed E-state index contributed by atoms with van der Waals surface area (Å²) in [7, 11) is -3.64. The van der Waals surface area contributed by atoms with Crippen molar-refractivity contribution < 1.29 is 17.3 Å². The molecular formula is C20H18FN3O3S. The molecule has 1 aliphatic heterocycles. The Labute approximate surface area is 162 Å². The first kappa shape index (κ1) is 18.5. The topological polar surface area (TPSA) is 76.3 Å². The number of hydrogen-bond acceptors (Lipinski definition) is 5. The molecule has 0 aliphatic carbocycles. The third-order valence-corrected chi connectivity index (χ3v) is 6.16. The second-order valence-electron chi connectivity index (χ2n) is 6.49. The highest BCUT2D eigenvalue weighted by Gasteiger charge is 2.37. The Balaban J connectivity index is 1.57. The van der Waals surface area contributed by atoms with E-state index in [0.717, 1.165) is 5.56 Å². The highest BCUT2D eigenvalue weighted by molar-refractivity contribution is 7.92. The lowest BCUT2D eigenvalue weighted by Gasteiger charge is -2.19. The number of sulfonamides is 1. The summed E-state index contributed by atoms with van der Waals surface area (Å²) in [6, 6.07) is 14.5. The van der Waals surface area contributed by atoms with Gasteiger partial charge in [-0.25, -0.2) is 12.8 Å². The van der Waals surface area contributed by atoms with E-state index in [2.05, 4.69) is 10.1 Å². The molecule has 2 heterocycles. The van der Waals surface area contributed by atoms with Crippen molar-refractivity contribution in [2.45, 2.75) is 18.9 Å². The molecule has 2 aromatic carbocycles. The van der Waals surface area contributed by atoms with Crippen molar-refractivity contribution in [2.24, 2.45) is 0 Å². The number of rotatable bonds is 5. The summed E-state index contributed by atoms with van der Waals surface area (Å²) in [6.45, 7) is 0.389. The number of benzene rings is 2. The van der Waals surface area contributed by atoms with E-state index in [9.17, 15) is 12.8 Å². The van der Waals surface area contributed by atoms with Gasteiger partial charge in [0.2, 0.25) is 21.7 Å². The van der Waals surface area contributed by atoms with Crippen LogP contribution in [0.1, 0.15) is 30.3 Å². The predicted octanol–water partition coefficient (Wildman–Crippen LogP) is 4.01.